The molecule has 0 aromatic carbocycles. The number of nitrogens with zero attached hydrogens (tertiary/aromatic N) is 10. The Balaban J connectivity index is 1.34. The first-order valence-electron chi connectivity index (χ1n) is 15.1. The van der Waals surface area contributed by atoms with E-state index in [1.54, 1.807) is 25.3 Å². The lowest BCUT2D eigenvalue weighted by Gasteiger charge is -2.22. The van der Waals surface area contributed by atoms with Gasteiger partial charge in [-0.2, -0.15) is 0 Å². The fourth-order valence-electron chi connectivity index (χ4n) is 5.29. The molecule has 43 heavy (non-hydrogen) atoms. The molecule has 0 N–H and O–H groups in total. The third-order valence-corrected chi connectivity index (χ3v) is 11.7. The molecule has 0 amide bonds. The summed E-state index contributed by atoms with van der Waals surface area (Å²) in [5, 5.41) is 2.05. The van der Waals surface area contributed by atoms with Crippen LogP contribution in [0.15, 0.2) is 61.7 Å². The number of imidazole rings is 2. The van der Waals surface area contributed by atoms with Gasteiger partial charge in [-0.25, -0.2) is 39.9 Å². The van der Waals surface area contributed by atoms with Crippen molar-refractivity contribution in [2.75, 3.05) is 0 Å². The number of hydrogen-bond donors (Lipinski definition) is 0. The van der Waals surface area contributed by atoms with Gasteiger partial charge in [-0.15, -0.1) is 0 Å². The monoisotopic (exact) mass is 590 g/mol. The van der Waals surface area contributed by atoms with E-state index in [1.807, 2.05) is 21.3 Å². The van der Waals surface area contributed by atoms with Gasteiger partial charge in [0.15, 0.2) is 19.4 Å². The first kappa shape index (κ1) is 28.7. The summed E-state index contributed by atoms with van der Waals surface area (Å²) in [5.41, 5.74) is 5.19. The van der Waals surface area contributed by atoms with E-state index in [0.29, 0.717) is 11.8 Å². The van der Waals surface area contributed by atoms with Gasteiger partial charge < -0.3 is 0 Å². The van der Waals surface area contributed by atoms with Crippen molar-refractivity contribution in [3.63, 3.8) is 0 Å². The highest BCUT2D eigenvalue weighted by atomic mass is 28.3. The Kier molecular flexibility index (Phi) is 7.82. The second-order valence-corrected chi connectivity index (χ2v) is 16.3. The SMILES string of the molecule is CCC(C)Cc1ncnc2c1ncn2-c1cccc([Si](C)(C)c2cccc(-n3cnc4c(CC(C)CC)ncnc43)n2)n1. The number of aromatic nitrogens is 10. The summed E-state index contributed by atoms with van der Waals surface area (Å²) in [6.07, 6.45) is 10.8. The fourth-order valence-corrected chi connectivity index (χ4v) is 7.37. The van der Waals surface area contributed by atoms with Crippen molar-refractivity contribution >= 4 is 41.0 Å². The molecule has 6 aromatic rings. The minimum absolute atomic E-state index is 0.527. The average Bonchev–Trinajstić information content (AvgIpc) is 3.67. The Bertz CT molecular complexity index is 1760. The number of pyridine rings is 2. The molecule has 0 spiro atoms. The normalized spacial score (nSPS) is 13.5. The van der Waals surface area contributed by atoms with Crippen LogP contribution in [0.25, 0.3) is 34.0 Å². The van der Waals surface area contributed by atoms with Crippen molar-refractivity contribution < 1.29 is 0 Å². The van der Waals surface area contributed by atoms with Gasteiger partial charge in [0.1, 0.15) is 48.0 Å². The van der Waals surface area contributed by atoms with Crippen LogP contribution >= 0.6 is 0 Å². The Morgan fingerprint density at radius 3 is 1.49 bits per heavy atom. The van der Waals surface area contributed by atoms with Crippen LogP contribution in [0.3, 0.4) is 0 Å². The summed E-state index contributed by atoms with van der Waals surface area (Å²) in [6, 6.07) is 12.3. The van der Waals surface area contributed by atoms with E-state index in [-0.39, 0.29) is 0 Å². The van der Waals surface area contributed by atoms with Crippen LogP contribution in [-0.2, 0) is 12.8 Å². The first-order valence-corrected chi connectivity index (χ1v) is 18.1. The molecule has 0 saturated heterocycles. The van der Waals surface area contributed by atoms with Crippen molar-refractivity contribution in [2.24, 2.45) is 11.8 Å². The molecule has 0 aliphatic heterocycles. The van der Waals surface area contributed by atoms with Gasteiger partial charge >= 0.3 is 0 Å². The Morgan fingerprint density at radius 2 is 1.07 bits per heavy atom. The molecular formula is C32H38N10Si. The van der Waals surface area contributed by atoms with Crippen LogP contribution < -0.4 is 10.6 Å². The molecule has 0 radical (unpaired) electrons. The largest absolute Gasteiger partial charge is 0.267 e. The van der Waals surface area contributed by atoms with E-state index < -0.39 is 8.07 Å². The third-order valence-electron chi connectivity index (χ3n) is 8.54. The number of hydrogen-bond acceptors (Lipinski definition) is 8. The van der Waals surface area contributed by atoms with Crippen LogP contribution in [0.1, 0.15) is 51.9 Å². The van der Waals surface area contributed by atoms with Crippen LogP contribution in [0.2, 0.25) is 13.1 Å². The van der Waals surface area contributed by atoms with Gasteiger partial charge in [0, 0.05) is 10.6 Å². The minimum atomic E-state index is -2.31. The molecule has 0 saturated carbocycles. The molecule has 6 aromatic heterocycles. The maximum Gasteiger partial charge on any atom is 0.169 e. The lowest BCUT2D eigenvalue weighted by molar-refractivity contribution is 0.554. The summed E-state index contributed by atoms with van der Waals surface area (Å²) in [7, 11) is -2.31. The number of fused-ring (bicyclic) bond motifs is 2. The van der Waals surface area contributed by atoms with Crippen molar-refractivity contribution in [3.8, 4) is 11.6 Å². The highest BCUT2D eigenvalue weighted by molar-refractivity contribution is 6.99. The van der Waals surface area contributed by atoms with E-state index in [0.717, 1.165) is 81.7 Å². The minimum Gasteiger partial charge on any atom is -0.267 e. The molecule has 2 unspecified atom stereocenters. The fraction of sp³-hybridized carbons (Fsp3) is 0.375. The third kappa shape index (κ3) is 5.44. The van der Waals surface area contributed by atoms with E-state index in [2.05, 4.69) is 85.0 Å². The zero-order valence-electron chi connectivity index (χ0n) is 25.7. The van der Waals surface area contributed by atoms with E-state index in [1.165, 1.54) is 0 Å². The van der Waals surface area contributed by atoms with E-state index in [9.17, 15) is 0 Å². The molecule has 0 aliphatic carbocycles. The van der Waals surface area contributed by atoms with Gasteiger partial charge in [0.2, 0.25) is 0 Å². The standard InChI is InChI=1S/C32H38N10Si/c1-7-21(3)15-23-29-31(35-17-33-23)41(19-37-29)25-11-9-13-27(39-25)43(5,6)28-14-10-12-26(40-28)42-20-38-30-24(16-22(4)8-2)34-18-36-32(30)42/h9-14,17-22H,7-8,15-16H2,1-6H3. The van der Waals surface area contributed by atoms with Gasteiger partial charge in [-0.3, -0.25) is 9.13 Å². The lowest BCUT2D eigenvalue weighted by Crippen LogP contribution is -2.55. The van der Waals surface area contributed by atoms with Gasteiger partial charge in [0.05, 0.1) is 11.4 Å². The molecule has 10 nitrogen and oxygen atoms in total. The molecule has 0 fully saturated rings. The number of rotatable bonds is 10. The van der Waals surface area contributed by atoms with Gasteiger partial charge in [-0.1, -0.05) is 65.8 Å². The molecule has 220 valence electrons. The summed E-state index contributed by atoms with van der Waals surface area (Å²) in [4.78, 5) is 38.0. The van der Waals surface area contributed by atoms with Crippen molar-refractivity contribution in [1.82, 2.24) is 49.0 Å². The summed E-state index contributed by atoms with van der Waals surface area (Å²) in [5.74, 6) is 2.63. The molecule has 11 heteroatoms. The predicted molar refractivity (Wildman–Crippen MR) is 172 cm³/mol. The quantitative estimate of drug-likeness (QED) is 0.210. The Labute approximate surface area is 252 Å². The lowest BCUT2D eigenvalue weighted by atomic mass is 10.0. The van der Waals surface area contributed by atoms with Crippen LogP contribution in [0, 0.1) is 11.8 Å². The van der Waals surface area contributed by atoms with Gasteiger partial charge in [0.25, 0.3) is 0 Å². The average molecular weight is 591 g/mol. The second-order valence-electron chi connectivity index (χ2n) is 12.0. The smallest absolute Gasteiger partial charge is 0.169 e. The molecule has 6 rings (SSSR count). The molecular weight excluding hydrogens is 553 g/mol. The predicted octanol–water partition coefficient (Wildman–Crippen LogP) is 4.73. The van der Waals surface area contributed by atoms with Crippen molar-refractivity contribution in [3.05, 3.63) is 73.1 Å². The highest BCUT2D eigenvalue weighted by Gasteiger charge is 2.31. The Morgan fingerprint density at radius 1 is 0.628 bits per heavy atom. The maximum absolute atomic E-state index is 5.15. The van der Waals surface area contributed by atoms with E-state index >= 15 is 0 Å². The molecule has 0 bridgehead atoms. The van der Waals surface area contributed by atoms with E-state index in [4.69, 9.17) is 19.9 Å². The second kappa shape index (κ2) is 11.7. The Hall–Kier alpha value is -4.38. The zero-order chi connectivity index (χ0) is 30.1. The zero-order valence-corrected chi connectivity index (χ0v) is 26.7. The topological polar surface area (TPSA) is 113 Å². The van der Waals surface area contributed by atoms with Crippen LogP contribution in [0.5, 0.6) is 0 Å². The van der Waals surface area contributed by atoms with Crippen LogP contribution in [0.4, 0.5) is 0 Å². The van der Waals surface area contributed by atoms with Crippen LogP contribution in [-0.4, -0.2) is 57.1 Å². The van der Waals surface area contributed by atoms with Gasteiger partial charge in [-0.05, 0) is 48.9 Å². The molecule has 0 aliphatic rings. The van der Waals surface area contributed by atoms with Crippen molar-refractivity contribution in [2.45, 2.75) is 66.5 Å². The summed E-state index contributed by atoms with van der Waals surface area (Å²) in [6.45, 7) is 13.4. The highest BCUT2D eigenvalue weighted by Crippen LogP contribution is 2.22. The maximum atomic E-state index is 5.15. The summed E-state index contributed by atoms with van der Waals surface area (Å²) < 4.78 is 3.92. The van der Waals surface area contributed by atoms with Crippen molar-refractivity contribution in [1.29, 1.82) is 0 Å². The molecule has 6 heterocycles. The summed E-state index contributed by atoms with van der Waals surface area (Å²) >= 11 is 0. The first-order chi connectivity index (χ1) is 20.8. The molecule has 2 atom stereocenters.